The van der Waals surface area contributed by atoms with E-state index in [1.807, 2.05) is 29.2 Å². The molecule has 21 heavy (non-hydrogen) atoms. The Kier molecular flexibility index (Phi) is 4.51. The van der Waals surface area contributed by atoms with Crippen LogP contribution in [0.15, 0.2) is 47.9 Å². The van der Waals surface area contributed by atoms with E-state index in [2.05, 4.69) is 23.6 Å². The first-order chi connectivity index (χ1) is 10.3. The van der Waals surface area contributed by atoms with Crippen molar-refractivity contribution in [2.75, 3.05) is 13.1 Å². The second kappa shape index (κ2) is 6.72. The molecule has 2 heterocycles. The highest BCUT2D eigenvalue weighted by molar-refractivity contribution is 7.11. The Hall–Kier alpha value is -1.87. The Morgan fingerprint density at radius 2 is 1.81 bits per heavy atom. The average Bonchev–Trinajstić information content (AvgIpc) is 3.03. The van der Waals surface area contributed by atoms with Gasteiger partial charge in [0.25, 0.3) is 0 Å². The minimum absolute atomic E-state index is 0.143. The third-order valence-corrected chi connectivity index (χ3v) is 4.68. The summed E-state index contributed by atoms with van der Waals surface area (Å²) >= 11 is 1.68. The first-order valence-corrected chi connectivity index (χ1v) is 8.32. The summed E-state index contributed by atoms with van der Waals surface area (Å²) in [4.78, 5) is 15.2. The van der Waals surface area contributed by atoms with Gasteiger partial charge < -0.3 is 4.90 Å². The van der Waals surface area contributed by atoms with Crippen LogP contribution in [0.25, 0.3) is 17.2 Å². The lowest BCUT2D eigenvalue weighted by Gasteiger charge is -2.25. The fourth-order valence-electron chi connectivity index (χ4n) is 2.60. The summed E-state index contributed by atoms with van der Waals surface area (Å²) in [7, 11) is 0. The van der Waals surface area contributed by atoms with Crippen LogP contribution in [-0.2, 0) is 4.79 Å². The van der Waals surface area contributed by atoms with E-state index in [1.54, 1.807) is 17.4 Å². The molecule has 3 rings (SSSR count). The molecule has 0 saturated carbocycles. The molecule has 0 atom stereocenters. The van der Waals surface area contributed by atoms with E-state index in [9.17, 15) is 4.79 Å². The molecule has 0 spiro atoms. The van der Waals surface area contributed by atoms with Gasteiger partial charge in [-0.2, -0.15) is 0 Å². The largest absolute Gasteiger partial charge is 0.339 e. The van der Waals surface area contributed by atoms with E-state index in [4.69, 9.17) is 0 Å². The van der Waals surface area contributed by atoms with Crippen molar-refractivity contribution in [3.8, 4) is 11.1 Å². The number of hydrogen-bond acceptors (Lipinski definition) is 2. The zero-order valence-corrected chi connectivity index (χ0v) is 12.8. The van der Waals surface area contributed by atoms with Crippen molar-refractivity contribution in [2.24, 2.45) is 0 Å². The number of thiophene rings is 1. The van der Waals surface area contributed by atoms with Crippen molar-refractivity contribution < 1.29 is 4.79 Å². The van der Waals surface area contributed by atoms with Gasteiger partial charge in [0.1, 0.15) is 0 Å². The van der Waals surface area contributed by atoms with E-state index < -0.39 is 0 Å². The van der Waals surface area contributed by atoms with Crippen molar-refractivity contribution in [1.29, 1.82) is 0 Å². The number of benzene rings is 1. The normalized spacial score (nSPS) is 15.5. The fourth-order valence-corrected chi connectivity index (χ4v) is 3.40. The van der Waals surface area contributed by atoms with Gasteiger partial charge in [-0.15, -0.1) is 11.3 Å². The van der Waals surface area contributed by atoms with Gasteiger partial charge in [-0.25, -0.2) is 0 Å². The zero-order chi connectivity index (χ0) is 14.5. The highest BCUT2D eigenvalue weighted by atomic mass is 32.1. The summed E-state index contributed by atoms with van der Waals surface area (Å²) in [6.45, 7) is 1.81. The molecule has 0 unspecified atom stereocenters. The number of amides is 1. The molecule has 1 fully saturated rings. The molecule has 1 aliphatic rings. The fraction of sp³-hybridized carbons (Fsp3) is 0.278. The lowest BCUT2D eigenvalue weighted by atomic mass is 10.1. The minimum Gasteiger partial charge on any atom is -0.339 e. The van der Waals surface area contributed by atoms with Gasteiger partial charge in [-0.1, -0.05) is 30.3 Å². The molecule has 0 aliphatic carbocycles. The third-order valence-electron chi connectivity index (χ3n) is 3.78. The highest BCUT2D eigenvalue weighted by Crippen LogP contribution is 2.26. The first kappa shape index (κ1) is 14.1. The van der Waals surface area contributed by atoms with Crippen LogP contribution < -0.4 is 0 Å². The number of rotatable bonds is 3. The summed E-state index contributed by atoms with van der Waals surface area (Å²) < 4.78 is 0. The summed E-state index contributed by atoms with van der Waals surface area (Å²) in [5.41, 5.74) is 2.43. The second-order valence-corrected chi connectivity index (χ2v) is 6.27. The highest BCUT2D eigenvalue weighted by Gasteiger charge is 2.13. The first-order valence-electron chi connectivity index (χ1n) is 7.44. The quantitative estimate of drug-likeness (QED) is 0.767. The van der Waals surface area contributed by atoms with E-state index in [1.165, 1.54) is 17.5 Å². The Morgan fingerprint density at radius 3 is 2.57 bits per heavy atom. The van der Waals surface area contributed by atoms with Gasteiger partial charge in [0, 0.05) is 24.0 Å². The maximum Gasteiger partial charge on any atom is 0.246 e. The smallest absolute Gasteiger partial charge is 0.246 e. The summed E-state index contributed by atoms with van der Waals surface area (Å²) in [6, 6.07) is 12.5. The monoisotopic (exact) mass is 297 g/mol. The Bertz CT molecular complexity index is 624. The number of piperidine rings is 1. The Morgan fingerprint density at radius 1 is 1.05 bits per heavy atom. The van der Waals surface area contributed by atoms with Crippen LogP contribution in [0.3, 0.4) is 0 Å². The molecule has 1 aromatic heterocycles. The molecular formula is C18H19NOS. The molecule has 1 aliphatic heterocycles. The molecule has 1 amide bonds. The van der Waals surface area contributed by atoms with Gasteiger partial charge in [0.2, 0.25) is 5.91 Å². The molecule has 0 radical (unpaired) electrons. The molecular weight excluding hydrogens is 278 g/mol. The number of nitrogens with zero attached hydrogens (tertiary/aromatic N) is 1. The van der Waals surface area contributed by atoms with Crippen molar-refractivity contribution in [3.63, 3.8) is 0 Å². The summed E-state index contributed by atoms with van der Waals surface area (Å²) in [5, 5.41) is 2.14. The minimum atomic E-state index is 0.143. The van der Waals surface area contributed by atoms with Gasteiger partial charge in [0.15, 0.2) is 0 Å². The van der Waals surface area contributed by atoms with Crippen LogP contribution in [-0.4, -0.2) is 23.9 Å². The zero-order valence-electron chi connectivity index (χ0n) is 12.0. The van der Waals surface area contributed by atoms with Crippen LogP contribution in [0.2, 0.25) is 0 Å². The van der Waals surface area contributed by atoms with Crippen LogP contribution in [0.5, 0.6) is 0 Å². The van der Waals surface area contributed by atoms with Crippen LogP contribution in [0.1, 0.15) is 24.1 Å². The summed E-state index contributed by atoms with van der Waals surface area (Å²) in [5.74, 6) is 0.143. The molecule has 1 saturated heterocycles. The molecule has 0 N–H and O–H groups in total. The van der Waals surface area contributed by atoms with Crippen LogP contribution >= 0.6 is 11.3 Å². The van der Waals surface area contributed by atoms with Gasteiger partial charge in [-0.3, -0.25) is 4.79 Å². The maximum absolute atomic E-state index is 12.1. The standard InChI is InChI=1S/C18H19NOS/c20-18(19-11-5-2-6-12-19)10-9-17-13-16(14-21-17)15-7-3-1-4-8-15/h1,3-4,7-10,13-14H,2,5-6,11-12H2. The van der Waals surface area contributed by atoms with Gasteiger partial charge in [0.05, 0.1) is 0 Å². The lowest BCUT2D eigenvalue weighted by Crippen LogP contribution is -2.34. The Labute approximate surface area is 129 Å². The van der Waals surface area contributed by atoms with E-state index in [-0.39, 0.29) is 5.91 Å². The molecule has 108 valence electrons. The van der Waals surface area contributed by atoms with Crippen molar-refractivity contribution in [1.82, 2.24) is 4.90 Å². The topological polar surface area (TPSA) is 20.3 Å². The number of likely N-dealkylation sites (tertiary alicyclic amines) is 1. The van der Waals surface area contributed by atoms with Crippen LogP contribution in [0, 0.1) is 0 Å². The predicted molar refractivity (Wildman–Crippen MR) is 89.2 cm³/mol. The number of hydrogen-bond donors (Lipinski definition) is 0. The Balaban J connectivity index is 1.66. The number of carbonyl (C=O) groups excluding carboxylic acids is 1. The molecule has 0 bridgehead atoms. The van der Waals surface area contributed by atoms with Crippen molar-refractivity contribution in [2.45, 2.75) is 19.3 Å². The molecule has 1 aromatic carbocycles. The lowest BCUT2D eigenvalue weighted by molar-refractivity contribution is -0.126. The van der Waals surface area contributed by atoms with Gasteiger partial charge in [-0.05, 0) is 47.9 Å². The maximum atomic E-state index is 12.1. The second-order valence-electron chi connectivity index (χ2n) is 5.32. The van der Waals surface area contributed by atoms with Crippen LogP contribution in [0.4, 0.5) is 0 Å². The third kappa shape index (κ3) is 3.61. The van der Waals surface area contributed by atoms with E-state index in [0.717, 1.165) is 30.8 Å². The van der Waals surface area contributed by atoms with E-state index >= 15 is 0 Å². The van der Waals surface area contributed by atoms with E-state index in [0.29, 0.717) is 0 Å². The predicted octanol–water partition coefficient (Wildman–Crippen LogP) is 4.44. The SMILES string of the molecule is O=C(C=Cc1cc(-c2ccccc2)cs1)N1CCCCC1. The van der Waals surface area contributed by atoms with Crippen molar-refractivity contribution in [3.05, 3.63) is 52.7 Å². The summed E-state index contributed by atoms with van der Waals surface area (Å²) in [6.07, 6.45) is 7.17. The molecule has 3 heteroatoms. The average molecular weight is 297 g/mol. The van der Waals surface area contributed by atoms with Crippen molar-refractivity contribution >= 4 is 23.3 Å². The van der Waals surface area contributed by atoms with Gasteiger partial charge >= 0.3 is 0 Å². The number of carbonyl (C=O) groups is 1. The molecule has 2 aromatic rings. The molecule has 2 nitrogen and oxygen atoms in total.